The fourth-order valence-electron chi connectivity index (χ4n) is 5.89. The highest BCUT2D eigenvalue weighted by Crippen LogP contribution is 2.28. The Morgan fingerprint density at radius 2 is 1.51 bits per heavy atom. The van der Waals surface area contributed by atoms with Gasteiger partial charge in [0.05, 0.1) is 7.11 Å². The van der Waals surface area contributed by atoms with Gasteiger partial charge >= 0.3 is 6.09 Å². The molecule has 1 aliphatic heterocycles. The number of piperazine rings is 1. The second kappa shape index (κ2) is 16.1. The van der Waals surface area contributed by atoms with Crippen molar-refractivity contribution in [1.82, 2.24) is 25.8 Å². The SMILES string of the molecule is CCC(=O)N[C@H](Cc1ccc(CNC(=O)[C@@H](NC(=O)OC)C2CCCC2)cc1)C(=O)N1CCN(Cc2ccccc2)CC1. The van der Waals surface area contributed by atoms with Gasteiger partial charge in [0.1, 0.15) is 12.1 Å². The lowest BCUT2D eigenvalue weighted by Crippen LogP contribution is -2.55. The second-order valence-electron chi connectivity index (χ2n) is 11.5. The van der Waals surface area contributed by atoms with E-state index in [4.69, 9.17) is 4.74 Å². The van der Waals surface area contributed by atoms with E-state index >= 15 is 0 Å². The average molecular weight is 592 g/mol. The van der Waals surface area contributed by atoms with Crippen LogP contribution in [0.4, 0.5) is 4.79 Å². The monoisotopic (exact) mass is 591 g/mol. The maximum Gasteiger partial charge on any atom is 0.407 e. The highest BCUT2D eigenvalue weighted by Gasteiger charge is 2.32. The Hall–Kier alpha value is -3.92. The highest BCUT2D eigenvalue weighted by molar-refractivity contribution is 5.88. The first-order chi connectivity index (χ1) is 20.9. The number of amides is 4. The Kier molecular flexibility index (Phi) is 12.0. The third kappa shape index (κ3) is 9.54. The first-order valence-corrected chi connectivity index (χ1v) is 15.4. The standard InChI is InChI=1S/C33H45N5O5/c1-3-29(39)35-28(32(41)38-19-17-37(18-20-38)23-26-9-5-4-6-10-26)21-24-13-15-25(16-14-24)22-34-31(40)30(36-33(42)43-2)27-11-7-8-12-27/h4-6,9-10,13-16,27-28,30H,3,7-8,11-12,17-23H2,1-2H3,(H,34,40)(H,35,39)(H,36,42)/t28-,30+/m1/s1. The Bertz CT molecular complexity index is 1210. The van der Waals surface area contributed by atoms with Gasteiger partial charge in [0.2, 0.25) is 17.7 Å². The van der Waals surface area contributed by atoms with Gasteiger partial charge in [-0.25, -0.2) is 4.79 Å². The molecule has 1 saturated carbocycles. The molecule has 1 saturated heterocycles. The molecular weight excluding hydrogens is 546 g/mol. The minimum Gasteiger partial charge on any atom is -0.453 e. The number of nitrogens with one attached hydrogen (secondary N) is 3. The summed E-state index contributed by atoms with van der Waals surface area (Å²) in [7, 11) is 1.29. The predicted molar refractivity (Wildman–Crippen MR) is 164 cm³/mol. The van der Waals surface area contributed by atoms with E-state index in [2.05, 4.69) is 33.0 Å². The summed E-state index contributed by atoms with van der Waals surface area (Å²) < 4.78 is 4.73. The molecule has 10 nitrogen and oxygen atoms in total. The van der Waals surface area contributed by atoms with E-state index in [-0.39, 0.29) is 23.6 Å². The van der Waals surface area contributed by atoms with E-state index in [0.29, 0.717) is 32.5 Å². The third-order valence-corrected chi connectivity index (χ3v) is 8.43. The molecule has 43 heavy (non-hydrogen) atoms. The molecule has 2 aromatic carbocycles. The van der Waals surface area contributed by atoms with Crippen molar-refractivity contribution in [3.63, 3.8) is 0 Å². The lowest BCUT2D eigenvalue weighted by Gasteiger charge is -2.36. The molecule has 0 spiro atoms. The van der Waals surface area contributed by atoms with Gasteiger partial charge in [-0.15, -0.1) is 0 Å². The van der Waals surface area contributed by atoms with E-state index in [1.54, 1.807) is 6.92 Å². The fraction of sp³-hybridized carbons (Fsp3) is 0.515. The summed E-state index contributed by atoms with van der Waals surface area (Å²) in [6.45, 7) is 5.76. The highest BCUT2D eigenvalue weighted by atomic mass is 16.5. The summed E-state index contributed by atoms with van der Waals surface area (Å²) in [4.78, 5) is 54.9. The molecule has 10 heteroatoms. The number of rotatable bonds is 12. The summed E-state index contributed by atoms with van der Waals surface area (Å²) in [5.74, 6) is -0.342. The average Bonchev–Trinajstić information content (AvgIpc) is 3.58. The number of methoxy groups -OCH3 is 1. The van der Waals surface area contributed by atoms with Crippen molar-refractivity contribution < 1.29 is 23.9 Å². The lowest BCUT2D eigenvalue weighted by atomic mass is 9.97. The molecule has 2 aromatic rings. The number of ether oxygens (including phenoxy) is 1. The molecule has 2 atom stereocenters. The van der Waals surface area contributed by atoms with Gasteiger partial charge in [0.25, 0.3) is 0 Å². The second-order valence-corrected chi connectivity index (χ2v) is 11.5. The normalized spacial score (nSPS) is 17.1. The van der Waals surface area contributed by atoms with E-state index in [0.717, 1.165) is 56.4 Å². The number of hydrogen-bond acceptors (Lipinski definition) is 6. The van der Waals surface area contributed by atoms with Crippen molar-refractivity contribution in [3.8, 4) is 0 Å². The van der Waals surface area contributed by atoms with Gasteiger partial charge in [0.15, 0.2) is 0 Å². The lowest BCUT2D eigenvalue weighted by molar-refractivity contribution is -0.138. The topological polar surface area (TPSA) is 120 Å². The zero-order valence-electron chi connectivity index (χ0n) is 25.3. The Balaban J connectivity index is 1.31. The molecule has 0 radical (unpaired) electrons. The van der Waals surface area contributed by atoms with Crippen LogP contribution >= 0.6 is 0 Å². The number of hydrogen-bond donors (Lipinski definition) is 3. The van der Waals surface area contributed by atoms with E-state index < -0.39 is 18.2 Å². The maximum atomic E-state index is 13.5. The summed E-state index contributed by atoms with van der Waals surface area (Å²) in [6, 6.07) is 16.7. The van der Waals surface area contributed by atoms with Crippen molar-refractivity contribution in [2.45, 2.75) is 70.6 Å². The van der Waals surface area contributed by atoms with Crippen molar-refractivity contribution in [3.05, 3.63) is 71.3 Å². The van der Waals surface area contributed by atoms with E-state index in [1.807, 2.05) is 47.4 Å². The molecule has 4 rings (SSSR count). The van der Waals surface area contributed by atoms with Gasteiger partial charge in [0, 0.05) is 52.1 Å². The molecule has 0 bridgehead atoms. The van der Waals surface area contributed by atoms with E-state index in [1.165, 1.54) is 12.7 Å². The molecule has 0 aromatic heterocycles. The molecule has 1 aliphatic carbocycles. The summed E-state index contributed by atoms with van der Waals surface area (Å²) in [5.41, 5.74) is 3.07. The van der Waals surface area contributed by atoms with Crippen molar-refractivity contribution in [2.24, 2.45) is 5.92 Å². The third-order valence-electron chi connectivity index (χ3n) is 8.43. The Morgan fingerprint density at radius 1 is 0.860 bits per heavy atom. The number of nitrogens with zero attached hydrogens (tertiary/aromatic N) is 2. The van der Waals surface area contributed by atoms with Crippen LogP contribution in [0.5, 0.6) is 0 Å². The van der Waals surface area contributed by atoms with Crippen LogP contribution in [0.25, 0.3) is 0 Å². The number of benzene rings is 2. The van der Waals surface area contributed by atoms with Crippen molar-refractivity contribution in [1.29, 1.82) is 0 Å². The molecule has 232 valence electrons. The van der Waals surface area contributed by atoms with Crippen LogP contribution in [-0.2, 0) is 38.6 Å². The van der Waals surface area contributed by atoms with Gasteiger partial charge in [-0.1, -0.05) is 74.4 Å². The Morgan fingerprint density at radius 3 is 2.14 bits per heavy atom. The molecular formula is C33H45N5O5. The van der Waals surface area contributed by atoms with Crippen molar-refractivity contribution in [2.75, 3.05) is 33.3 Å². The minimum atomic E-state index is -0.643. The van der Waals surface area contributed by atoms with Gasteiger partial charge in [-0.3, -0.25) is 19.3 Å². The summed E-state index contributed by atoms with van der Waals surface area (Å²) in [6.07, 6.45) is 3.97. The quantitative estimate of drug-likeness (QED) is 0.349. The first kappa shape index (κ1) is 32.0. The van der Waals surface area contributed by atoms with Gasteiger partial charge in [-0.05, 0) is 35.4 Å². The number of carbonyl (C=O) groups is 4. The fourth-order valence-corrected chi connectivity index (χ4v) is 5.89. The minimum absolute atomic E-state index is 0.0615. The Labute approximate surface area is 254 Å². The van der Waals surface area contributed by atoms with Crippen LogP contribution in [0, 0.1) is 5.92 Å². The molecule has 4 amide bonds. The van der Waals surface area contributed by atoms with Gasteiger partial charge < -0.3 is 25.6 Å². The van der Waals surface area contributed by atoms with E-state index in [9.17, 15) is 19.2 Å². The van der Waals surface area contributed by atoms with Crippen LogP contribution in [0.1, 0.15) is 55.7 Å². The molecule has 2 fully saturated rings. The van der Waals surface area contributed by atoms with Gasteiger partial charge in [-0.2, -0.15) is 0 Å². The van der Waals surface area contributed by atoms with Crippen LogP contribution in [0.3, 0.4) is 0 Å². The summed E-state index contributed by atoms with van der Waals surface area (Å²) >= 11 is 0. The number of alkyl carbamates (subject to hydrolysis) is 1. The number of carbonyl (C=O) groups excluding carboxylic acids is 4. The van der Waals surface area contributed by atoms with Crippen LogP contribution in [0.2, 0.25) is 0 Å². The zero-order chi connectivity index (χ0) is 30.6. The maximum absolute atomic E-state index is 13.5. The first-order valence-electron chi connectivity index (χ1n) is 15.4. The smallest absolute Gasteiger partial charge is 0.407 e. The largest absolute Gasteiger partial charge is 0.453 e. The molecule has 2 aliphatic rings. The van der Waals surface area contributed by atoms with Crippen LogP contribution < -0.4 is 16.0 Å². The zero-order valence-corrected chi connectivity index (χ0v) is 25.3. The van der Waals surface area contributed by atoms with Crippen LogP contribution in [0.15, 0.2) is 54.6 Å². The summed E-state index contributed by atoms with van der Waals surface area (Å²) in [5, 5.41) is 8.58. The predicted octanol–water partition coefficient (Wildman–Crippen LogP) is 3.00. The molecule has 1 heterocycles. The van der Waals surface area contributed by atoms with Crippen molar-refractivity contribution >= 4 is 23.8 Å². The van der Waals surface area contributed by atoms with Crippen LogP contribution in [-0.4, -0.2) is 79.0 Å². The molecule has 3 N–H and O–H groups in total. The molecule has 0 unspecified atom stereocenters.